The Hall–Kier alpha value is -4.48. The number of fused-ring (bicyclic) bond motifs is 2. The number of ether oxygens (including phenoxy) is 2. The maximum Gasteiger partial charge on any atom is 0.313 e. The zero-order chi connectivity index (χ0) is 38.0. The summed E-state index contributed by atoms with van der Waals surface area (Å²) in [7, 11) is 1.71. The molecule has 0 saturated carbocycles. The van der Waals surface area contributed by atoms with E-state index >= 15 is 9.59 Å². The van der Waals surface area contributed by atoms with Gasteiger partial charge in [0.1, 0.15) is 23.7 Å². The van der Waals surface area contributed by atoms with Crippen molar-refractivity contribution in [2.75, 3.05) is 43.1 Å². The Morgan fingerprint density at radius 1 is 0.962 bits per heavy atom. The topological polar surface area (TPSA) is 120 Å². The molecule has 0 aromatic heterocycles. The van der Waals surface area contributed by atoms with Gasteiger partial charge in [-0.3, -0.25) is 19.2 Å². The number of esters is 1. The number of carbonyl (C=O) groups is 4. The molecule has 4 aliphatic heterocycles. The van der Waals surface area contributed by atoms with Crippen molar-refractivity contribution in [2.24, 2.45) is 17.8 Å². The van der Waals surface area contributed by atoms with Crippen LogP contribution in [0.25, 0.3) is 0 Å². The Kier molecular flexibility index (Phi) is 11.4. The highest BCUT2D eigenvalue weighted by atomic mass is 16.6. The Balaban J connectivity index is 1.46. The van der Waals surface area contributed by atoms with Gasteiger partial charge in [0, 0.05) is 44.5 Å². The summed E-state index contributed by atoms with van der Waals surface area (Å²) in [5, 5.41) is 10.8. The average Bonchev–Trinajstić information content (AvgIpc) is 3.56. The predicted octanol–water partition coefficient (Wildman–Crippen LogP) is 4.90. The lowest BCUT2D eigenvalue weighted by molar-refractivity contribution is -0.164. The molecule has 0 unspecified atom stereocenters. The number of nitrogens with zero attached hydrogens (tertiary/aromatic N) is 4. The van der Waals surface area contributed by atoms with Crippen LogP contribution in [-0.4, -0.2) is 102 Å². The highest BCUT2D eigenvalue weighted by Crippen LogP contribution is 2.54. The molecule has 2 aromatic carbocycles. The molecular weight excluding hydrogens is 672 g/mol. The minimum Gasteiger partial charge on any atom is -0.455 e. The van der Waals surface area contributed by atoms with Crippen molar-refractivity contribution in [1.29, 1.82) is 0 Å². The fourth-order valence-corrected chi connectivity index (χ4v) is 8.66. The second-order valence-corrected chi connectivity index (χ2v) is 14.7. The molecule has 53 heavy (non-hydrogen) atoms. The number of aliphatic hydroxyl groups is 1. The van der Waals surface area contributed by atoms with Crippen molar-refractivity contribution in [2.45, 2.75) is 89.8 Å². The van der Waals surface area contributed by atoms with Gasteiger partial charge in [0.2, 0.25) is 11.8 Å². The van der Waals surface area contributed by atoms with Crippen molar-refractivity contribution in [1.82, 2.24) is 9.80 Å². The number of amides is 3. The van der Waals surface area contributed by atoms with E-state index in [1.807, 2.05) is 87.5 Å². The number of likely N-dealkylation sites (N-methyl/N-ethyl adjacent to an activating group) is 1. The van der Waals surface area contributed by atoms with Crippen LogP contribution in [0.4, 0.5) is 11.4 Å². The number of aliphatic hydroxyl groups excluding tert-OH is 1. The van der Waals surface area contributed by atoms with Crippen molar-refractivity contribution in [3.8, 4) is 0 Å². The first-order valence-electron chi connectivity index (χ1n) is 19.1. The van der Waals surface area contributed by atoms with E-state index in [9.17, 15) is 14.7 Å². The van der Waals surface area contributed by atoms with E-state index < -0.39 is 59.6 Å². The summed E-state index contributed by atoms with van der Waals surface area (Å²) in [4.78, 5) is 65.1. The predicted molar refractivity (Wildman–Crippen MR) is 203 cm³/mol. The Labute approximate surface area is 313 Å². The second-order valence-electron chi connectivity index (χ2n) is 14.7. The normalized spacial score (nSPS) is 30.7. The number of allylic oxidation sites excluding steroid dienone is 1. The van der Waals surface area contributed by atoms with Crippen LogP contribution in [0.15, 0.2) is 78.9 Å². The number of cyclic esters (lactones) is 1. The zero-order valence-corrected chi connectivity index (χ0v) is 31.8. The molecule has 9 atom stereocenters. The molecule has 2 fully saturated rings. The first-order chi connectivity index (χ1) is 25.5. The minimum atomic E-state index is -1.52. The van der Waals surface area contributed by atoms with Crippen LogP contribution in [0.1, 0.15) is 65.5 Å². The van der Waals surface area contributed by atoms with E-state index in [0.717, 1.165) is 18.8 Å². The molecule has 11 nitrogen and oxygen atoms in total. The van der Waals surface area contributed by atoms with Crippen molar-refractivity contribution in [3.05, 3.63) is 84.5 Å². The number of benzene rings is 2. The zero-order valence-electron chi connectivity index (χ0n) is 31.8. The minimum absolute atomic E-state index is 0.0902. The Morgan fingerprint density at radius 2 is 1.66 bits per heavy atom. The van der Waals surface area contributed by atoms with Crippen LogP contribution >= 0.6 is 0 Å². The summed E-state index contributed by atoms with van der Waals surface area (Å²) in [5.74, 6) is -3.86. The summed E-state index contributed by atoms with van der Waals surface area (Å²) in [6.45, 7) is 11.5. The molecule has 284 valence electrons. The fourth-order valence-electron chi connectivity index (χ4n) is 8.66. The third-order valence-corrected chi connectivity index (χ3v) is 12.0. The van der Waals surface area contributed by atoms with Gasteiger partial charge in [0.25, 0.3) is 5.91 Å². The van der Waals surface area contributed by atoms with Crippen LogP contribution in [0, 0.1) is 17.8 Å². The number of likely N-dealkylation sites (tertiary alicyclic amines) is 1. The van der Waals surface area contributed by atoms with Crippen LogP contribution in [0.5, 0.6) is 0 Å². The highest BCUT2D eigenvalue weighted by molar-refractivity contribution is 6.05. The summed E-state index contributed by atoms with van der Waals surface area (Å²) >= 11 is 0. The molecule has 0 aliphatic carbocycles. The van der Waals surface area contributed by atoms with Gasteiger partial charge in [-0.05, 0) is 62.9 Å². The van der Waals surface area contributed by atoms with Crippen LogP contribution in [0.3, 0.4) is 0 Å². The number of hydrogen-bond acceptors (Lipinski definition) is 8. The van der Waals surface area contributed by atoms with Gasteiger partial charge in [-0.2, -0.15) is 0 Å². The van der Waals surface area contributed by atoms with Crippen molar-refractivity contribution >= 4 is 35.1 Å². The molecule has 1 spiro atoms. The lowest BCUT2D eigenvalue weighted by Crippen LogP contribution is -2.59. The van der Waals surface area contributed by atoms with Gasteiger partial charge in [-0.25, -0.2) is 0 Å². The van der Waals surface area contributed by atoms with E-state index in [4.69, 9.17) is 9.47 Å². The number of carbonyl (C=O) groups excluding carboxylic acids is 4. The monoisotopic (exact) mass is 726 g/mol. The third kappa shape index (κ3) is 6.78. The van der Waals surface area contributed by atoms with Crippen molar-refractivity contribution in [3.63, 3.8) is 0 Å². The van der Waals surface area contributed by atoms with Crippen LogP contribution in [-0.2, 0) is 28.7 Å². The van der Waals surface area contributed by atoms with Crippen LogP contribution < -0.4 is 9.80 Å². The summed E-state index contributed by atoms with van der Waals surface area (Å²) in [6.07, 6.45) is 6.77. The second kappa shape index (κ2) is 15.9. The Morgan fingerprint density at radius 3 is 2.30 bits per heavy atom. The lowest BCUT2D eigenvalue weighted by atomic mass is 9.77. The van der Waals surface area contributed by atoms with Crippen LogP contribution in [0.2, 0.25) is 0 Å². The SMILES string of the molecule is CC[C@H](C)[C@H](CO)N1C(=O)[C@H]2[C@@H]3C(=O)O[C@@H](c4ccccc4)[C@H](C)N(C)C(=O)CC/C=C\[C@@H]3O[C@]23C=CCN(c2ccc(N(CC)CC)cc2)C(=O)[C@H]13. The van der Waals surface area contributed by atoms with Gasteiger partial charge < -0.3 is 34.2 Å². The van der Waals surface area contributed by atoms with E-state index in [-0.39, 0.29) is 37.3 Å². The molecule has 0 bridgehead atoms. The standard InChI is InChI=1S/C42H54N4O7/c1-7-27(4)32(26-47)46-38-40(50)45(31-22-20-30(21-23-31)44(8-2)9-3)25-15-24-42(38)36(39(46)49)35-33(53-42)18-13-14-19-34(48)43(6)28(5)37(52-41(35)51)29-16-11-10-12-17-29/h10-13,15-18,20-24,27-28,32-33,35-38,47H,7-9,14,19,25-26H2,1-6H3/b18-13-/t27-,28-,32-,33-,35+,36+,37+,38-,42+/m0/s1. The summed E-state index contributed by atoms with van der Waals surface area (Å²) in [6, 6.07) is 14.7. The highest BCUT2D eigenvalue weighted by Gasteiger charge is 2.73. The smallest absolute Gasteiger partial charge is 0.313 e. The van der Waals surface area contributed by atoms with E-state index in [1.165, 1.54) is 4.90 Å². The molecule has 4 aliphatic rings. The fraction of sp³-hybridized carbons (Fsp3) is 0.524. The summed E-state index contributed by atoms with van der Waals surface area (Å²) in [5.41, 5.74) is 0.903. The first kappa shape index (κ1) is 38.3. The van der Waals surface area contributed by atoms with Gasteiger partial charge in [0.15, 0.2) is 0 Å². The maximum absolute atomic E-state index is 15.1. The van der Waals surface area contributed by atoms with E-state index in [1.54, 1.807) is 29.0 Å². The van der Waals surface area contributed by atoms with Gasteiger partial charge in [-0.15, -0.1) is 0 Å². The molecule has 2 aromatic rings. The molecule has 0 radical (unpaired) electrons. The van der Waals surface area contributed by atoms with E-state index in [0.29, 0.717) is 24.1 Å². The van der Waals surface area contributed by atoms with Gasteiger partial charge in [-0.1, -0.05) is 74.9 Å². The lowest BCUT2D eigenvalue weighted by Gasteiger charge is -2.40. The molecule has 3 amide bonds. The first-order valence-corrected chi connectivity index (χ1v) is 19.1. The molecule has 11 heteroatoms. The maximum atomic E-state index is 15.1. The van der Waals surface area contributed by atoms with Gasteiger partial charge in [0.05, 0.1) is 30.7 Å². The van der Waals surface area contributed by atoms with E-state index in [2.05, 4.69) is 18.7 Å². The molecule has 1 N–H and O–H groups in total. The Bertz CT molecular complexity index is 1710. The third-order valence-electron chi connectivity index (χ3n) is 12.0. The van der Waals surface area contributed by atoms with Crippen molar-refractivity contribution < 1.29 is 33.8 Å². The largest absolute Gasteiger partial charge is 0.455 e. The van der Waals surface area contributed by atoms with Gasteiger partial charge >= 0.3 is 5.97 Å². The average molecular weight is 727 g/mol. The molecule has 6 rings (SSSR count). The molecule has 4 heterocycles. The molecule has 2 saturated heterocycles. The number of rotatable bonds is 9. The number of anilines is 2. The number of hydrogen-bond donors (Lipinski definition) is 1. The quantitative estimate of drug-likeness (QED) is 0.286. The summed E-state index contributed by atoms with van der Waals surface area (Å²) < 4.78 is 13.3. The molecular formula is C42H54N4O7.